The molecule has 5 heteroatoms. The minimum absolute atomic E-state index is 0.0138. The van der Waals surface area contributed by atoms with Gasteiger partial charge in [0.15, 0.2) is 0 Å². The fourth-order valence-corrected chi connectivity index (χ4v) is 1.04. The number of carboxylic acid groups (broad SMARTS) is 1. The number of methoxy groups -OCH3 is 1. The van der Waals surface area contributed by atoms with E-state index in [1.807, 2.05) is 0 Å². The first-order valence-electron chi connectivity index (χ1n) is 3.80. The lowest BCUT2D eigenvalue weighted by Crippen LogP contribution is -2.07. The van der Waals surface area contributed by atoms with Crippen molar-refractivity contribution in [3.8, 4) is 11.5 Å². The topological polar surface area (TPSA) is 66.8 Å². The average molecular weight is 200 g/mol. The molecule has 0 saturated heterocycles. The zero-order valence-electron chi connectivity index (χ0n) is 7.40. The largest absolute Gasteiger partial charge is 0.508 e. The van der Waals surface area contributed by atoms with Crippen LogP contribution in [0.3, 0.4) is 0 Å². The minimum Gasteiger partial charge on any atom is -0.508 e. The van der Waals surface area contributed by atoms with Crippen LogP contribution in [0.2, 0.25) is 0 Å². The number of carboxylic acids is 1. The second-order valence-corrected chi connectivity index (χ2v) is 2.63. The van der Waals surface area contributed by atoms with Gasteiger partial charge < -0.3 is 14.9 Å². The summed E-state index contributed by atoms with van der Waals surface area (Å²) in [5.74, 6) is -1.68. The fourth-order valence-electron chi connectivity index (χ4n) is 1.04. The molecule has 0 radical (unpaired) electrons. The predicted octanol–water partition coefficient (Wildman–Crippen LogP) is 1.50. The van der Waals surface area contributed by atoms with Crippen LogP contribution in [0, 0.1) is 0 Å². The molecular weight excluding hydrogens is 191 g/mol. The van der Waals surface area contributed by atoms with Crippen molar-refractivity contribution in [1.82, 2.24) is 0 Å². The summed E-state index contributed by atoms with van der Waals surface area (Å²) in [4.78, 5) is 10.4. The summed E-state index contributed by atoms with van der Waals surface area (Å²) in [5, 5.41) is 17.5. The highest BCUT2D eigenvalue weighted by Gasteiger charge is 2.22. The zero-order chi connectivity index (χ0) is 10.7. The Labute approximate surface area is 79.6 Å². The van der Waals surface area contributed by atoms with Gasteiger partial charge in [0.25, 0.3) is 0 Å². The molecule has 14 heavy (non-hydrogen) atoms. The zero-order valence-corrected chi connectivity index (χ0v) is 7.40. The number of phenols is 1. The number of benzene rings is 1. The Morgan fingerprint density at radius 2 is 2.21 bits per heavy atom. The predicted molar refractivity (Wildman–Crippen MR) is 46.1 cm³/mol. The maximum absolute atomic E-state index is 13.1. The number of aliphatic carboxylic acids is 1. The highest BCUT2D eigenvalue weighted by molar-refractivity contribution is 5.75. The van der Waals surface area contributed by atoms with Crippen molar-refractivity contribution in [2.75, 3.05) is 7.11 Å². The molecule has 2 N–H and O–H groups in total. The van der Waals surface area contributed by atoms with E-state index >= 15 is 0 Å². The van der Waals surface area contributed by atoms with Gasteiger partial charge in [-0.05, 0) is 12.1 Å². The first-order valence-corrected chi connectivity index (χ1v) is 3.80. The second-order valence-electron chi connectivity index (χ2n) is 2.63. The summed E-state index contributed by atoms with van der Waals surface area (Å²) in [7, 11) is 1.27. The van der Waals surface area contributed by atoms with Crippen molar-refractivity contribution in [2.45, 2.75) is 6.17 Å². The van der Waals surface area contributed by atoms with Crippen LogP contribution in [0.4, 0.5) is 4.39 Å². The molecule has 1 atom stereocenters. The number of ether oxygens (including phenoxy) is 1. The third kappa shape index (κ3) is 1.93. The molecule has 0 aliphatic carbocycles. The van der Waals surface area contributed by atoms with E-state index in [1.165, 1.54) is 19.2 Å². The van der Waals surface area contributed by atoms with E-state index in [0.29, 0.717) is 0 Å². The van der Waals surface area contributed by atoms with Crippen molar-refractivity contribution < 1.29 is 24.1 Å². The van der Waals surface area contributed by atoms with Gasteiger partial charge in [0.05, 0.1) is 7.11 Å². The molecule has 0 aromatic heterocycles. The lowest BCUT2D eigenvalue weighted by Gasteiger charge is -2.09. The van der Waals surface area contributed by atoms with Crippen molar-refractivity contribution in [3.63, 3.8) is 0 Å². The van der Waals surface area contributed by atoms with E-state index in [-0.39, 0.29) is 17.1 Å². The van der Waals surface area contributed by atoms with Gasteiger partial charge in [0.1, 0.15) is 11.5 Å². The Balaban J connectivity index is 3.13. The summed E-state index contributed by atoms with van der Waals surface area (Å²) in [6.07, 6.45) is -2.15. The summed E-state index contributed by atoms with van der Waals surface area (Å²) in [5.41, 5.74) is -0.113. The van der Waals surface area contributed by atoms with Crippen LogP contribution in [-0.4, -0.2) is 23.3 Å². The van der Waals surface area contributed by atoms with Crippen molar-refractivity contribution in [2.24, 2.45) is 0 Å². The van der Waals surface area contributed by atoms with Crippen LogP contribution in [0.15, 0.2) is 18.2 Å². The smallest absolute Gasteiger partial charge is 0.343 e. The van der Waals surface area contributed by atoms with Gasteiger partial charge in [-0.25, -0.2) is 9.18 Å². The molecule has 0 bridgehead atoms. The number of rotatable bonds is 3. The summed E-state index contributed by atoms with van der Waals surface area (Å²) >= 11 is 0. The molecule has 0 heterocycles. The molecule has 4 nitrogen and oxygen atoms in total. The molecule has 0 aliphatic heterocycles. The van der Waals surface area contributed by atoms with Gasteiger partial charge in [-0.2, -0.15) is 0 Å². The van der Waals surface area contributed by atoms with Crippen LogP contribution < -0.4 is 4.74 Å². The molecule has 0 amide bonds. The third-order valence-electron chi connectivity index (χ3n) is 1.71. The number of hydrogen-bond donors (Lipinski definition) is 2. The van der Waals surface area contributed by atoms with Crippen LogP contribution in [0.1, 0.15) is 11.7 Å². The van der Waals surface area contributed by atoms with Crippen molar-refractivity contribution in [3.05, 3.63) is 23.8 Å². The average Bonchev–Trinajstić information content (AvgIpc) is 2.16. The van der Waals surface area contributed by atoms with Gasteiger partial charge in [-0.15, -0.1) is 0 Å². The number of carbonyl (C=O) groups is 1. The Morgan fingerprint density at radius 1 is 1.57 bits per heavy atom. The molecule has 1 rings (SSSR count). The number of hydrogen-bond acceptors (Lipinski definition) is 3. The van der Waals surface area contributed by atoms with Gasteiger partial charge in [0.2, 0.25) is 6.17 Å². The Bertz CT molecular complexity index is 351. The summed E-state index contributed by atoms with van der Waals surface area (Å²) in [6, 6.07) is 3.53. The second kappa shape index (κ2) is 3.95. The van der Waals surface area contributed by atoms with E-state index in [1.54, 1.807) is 0 Å². The van der Waals surface area contributed by atoms with Crippen LogP contribution in [0.25, 0.3) is 0 Å². The van der Waals surface area contributed by atoms with Crippen LogP contribution in [0.5, 0.6) is 11.5 Å². The Morgan fingerprint density at radius 3 is 2.71 bits per heavy atom. The van der Waals surface area contributed by atoms with Crippen LogP contribution >= 0.6 is 0 Å². The number of halogens is 1. The normalized spacial score (nSPS) is 12.1. The lowest BCUT2D eigenvalue weighted by atomic mass is 10.1. The molecular formula is C9H9FO4. The number of alkyl halides is 1. The van der Waals surface area contributed by atoms with Crippen LogP contribution in [-0.2, 0) is 4.79 Å². The molecule has 0 saturated carbocycles. The molecule has 0 aliphatic rings. The van der Waals surface area contributed by atoms with Gasteiger partial charge in [-0.3, -0.25) is 0 Å². The molecule has 1 aromatic carbocycles. The maximum Gasteiger partial charge on any atom is 0.343 e. The highest BCUT2D eigenvalue weighted by Crippen LogP contribution is 2.30. The molecule has 1 unspecified atom stereocenters. The Hall–Kier alpha value is -1.78. The standard InChI is InChI=1S/C9H9FO4/c1-14-7-4-5(11)2-3-6(7)8(10)9(12)13/h2-4,8,11H,1H3,(H,12,13). The highest BCUT2D eigenvalue weighted by atomic mass is 19.1. The quantitative estimate of drug-likeness (QED) is 0.775. The van der Waals surface area contributed by atoms with Gasteiger partial charge in [-0.1, -0.05) is 0 Å². The third-order valence-corrected chi connectivity index (χ3v) is 1.71. The monoisotopic (exact) mass is 200 g/mol. The maximum atomic E-state index is 13.1. The molecule has 0 spiro atoms. The SMILES string of the molecule is COc1cc(O)ccc1C(F)C(=O)O. The minimum atomic E-state index is -2.15. The molecule has 76 valence electrons. The Kier molecular flexibility index (Phi) is 2.91. The van der Waals surface area contributed by atoms with Crippen molar-refractivity contribution >= 4 is 5.97 Å². The van der Waals surface area contributed by atoms with E-state index in [4.69, 9.17) is 14.9 Å². The lowest BCUT2D eigenvalue weighted by molar-refractivity contribution is -0.143. The van der Waals surface area contributed by atoms with Gasteiger partial charge >= 0.3 is 5.97 Å². The van der Waals surface area contributed by atoms with E-state index in [0.717, 1.165) is 6.07 Å². The summed E-state index contributed by atoms with van der Waals surface area (Å²) in [6.45, 7) is 0. The molecule has 1 aromatic rings. The first kappa shape index (κ1) is 10.3. The van der Waals surface area contributed by atoms with E-state index < -0.39 is 12.1 Å². The molecule has 0 fully saturated rings. The number of aromatic hydroxyl groups is 1. The number of phenolic OH excluding ortho intramolecular Hbond substituents is 1. The first-order chi connectivity index (χ1) is 6.56. The van der Waals surface area contributed by atoms with Gasteiger partial charge in [0, 0.05) is 11.6 Å². The van der Waals surface area contributed by atoms with Crippen molar-refractivity contribution in [1.29, 1.82) is 0 Å². The summed E-state index contributed by atoms with van der Waals surface area (Å²) < 4.78 is 17.8. The fraction of sp³-hybridized carbons (Fsp3) is 0.222. The van der Waals surface area contributed by atoms with E-state index in [9.17, 15) is 9.18 Å². The van der Waals surface area contributed by atoms with E-state index in [2.05, 4.69) is 0 Å².